The van der Waals surface area contributed by atoms with Crippen molar-refractivity contribution in [3.8, 4) is 0 Å². The fourth-order valence-corrected chi connectivity index (χ4v) is 3.36. The van der Waals surface area contributed by atoms with Crippen LogP contribution in [-0.4, -0.2) is 5.91 Å². The summed E-state index contributed by atoms with van der Waals surface area (Å²) in [5, 5.41) is 2.90. The van der Waals surface area contributed by atoms with E-state index in [1.165, 1.54) is 5.56 Å². The van der Waals surface area contributed by atoms with Crippen molar-refractivity contribution >= 4 is 27.5 Å². The van der Waals surface area contributed by atoms with Crippen LogP contribution in [0.4, 0.5) is 5.69 Å². The van der Waals surface area contributed by atoms with Gasteiger partial charge in [0.05, 0.1) is 6.04 Å². The summed E-state index contributed by atoms with van der Waals surface area (Å²) in [6.45, 7) is 2.06. The molecule has 3 N–H and O–H groups in total. The predicted octanol–water partition coefficient (Wildman–Crippen LogP) is 3.69. The third-order valence-corrected chi connectivity index (χ3v) is 4.27. The Balaban J connectivity index is 1.94. The fraction of sp³-hybridized carbons (Fsp3) is 0.235. The van der Waals surface area contributed by atoms with Gasteiger partial charge in [0, 0.05) is 16.6 Å². The van der Waals surface area contributed by atoms with Crippen molar-refractivity contribution in [2.75, 3.05) is 5.32 Å². The minimum atomic E-state index is -0.163. The van der Waals surface area contributed by atoms with E-state index in [1.807, 2.05) is 12.1 Å². The number of nitrogens with one attached hydrogen (secondary N) is 1. The van der Waals surface area contributed by atoms with E-state index in [9.17, 15) is 4.79 Å². The van der Waals surface area contributed by atoms with Gasteiger partial charge in [-0.25, -0.2) is 0 Å². The molecule has 21 heavy (non-hydrogen) atoms. The average Bonchev–Trinajstić information content (AvgIpc) is 2.45. The quantitative estimate of drug-likeness (QED) is 0.872. The summed E-state index contributed by atoms with van der Waals surface area (Å²) < 4.78 is 1.04. The summed E-state index contributed by atoms with van der Waals surface area (Å²) in [5.74, 6) is 0.0853. The first-order valence-electron chi connectivity index (χ1n) is 6.98. The summed E-state index contributed by atoms with van der Waals surface area (Å²) in [7, 11) is 0. The number of fused-ring (bicyclic) bond motifs is 1. The molecule has 2 aromatic rings. The minimum Gasteiger partial charge on any atom is -0.326 e. The first kappa shape index (κ1) is 14.3. The van der Waals surface area contributed by atoms with Gasteiger partial charge in [0.25, 0.3) is 0 Å². The van der Waals surface area contributed by atoms with E-state index in [0.29, 0.717) is 6.42 Å². The molecule has 1 heterocycles. The fourth-order valence-electron chi connectivity index (χ4n) is 2.73. The zero-order valence-corrected chi connectivity index (χ0v) is 13.4. The maximum atomic E-state index is 11.4. The summed E-state index contributed by atoms with van der Waals surface area (Å²) in [6.07, 6.45) is 1.32. The van der Waals surface area contributed by atoms with Crippen molar-refractivity contribution in [1.82, 2.24) is 0 Å². The molecule has 0 aliphatic carbocycles. The molecule has 4 heteroatoms. The van der Waals surface area contributed by atoms with Gasteiger partial charge in [0.2, 0.25) is 5.91 Å². The molecule has 2 aromatic carbocycles. The molecule has 1 aliphatic rings. The van der Waals surface area contributed by atoms with E-state index in [4.69, 9.17) is 5.73 Å². The highest BCUT2D eigenvalue weighted by molar-refractivity contribution is 9.10. The van der Waals surface area contributed by atoms with E-state index in [0.717, 1.165) is 33.3 Å². The topological polar surface area (TPSA) is 55.1 Å². The van der Waals surface area contributed by atoms with Gasteiger partial charge in [-0.1, -0.05) is 34.1 Å². The number of carbonyl (C=O) groups is 1. The average molecular weight is 345 g/mol. The van der Waals surface area contributed by atoms with Crippen molar-refractivity contribution in [3.63, 3.8) is 0 Å². The monoisotopic (exact) mass is 344 g/mol. The molecule has 1 amide bonds. The Labute approximate surface area is 132 Å². The predicted molar refractivity (Wildman–Crippen MR) is 88.3 cm³/mol. The van der Waals surface area contributed by atoms with Crippen LogP contribution in [0.1, 0.15) is 34.7 Å². The van der Waals surface area contributed by atoms with Crippen molar-refractivity contribution in [2.45, 2.75) is 25.8 Å². The Hall–Kier alpha value is -1.65. The Bertz CT molecular complexity index is 692. The SMILES string of the molecule is Cc1cc(Br)cc(C(N)c2ccc3c(c2)CCC(=O)N3)c1. The van der Waals surface area contributed by atoms with Crippen molar-refractivity contribution in [1.29, 1.82) is 0 Å². The molecule has 0 bridgehead atoms. The lowest BCUT2D eigenvalue weighted by atomic mass is 9.94. The van der Waals surface area contributed by atoms with Crippen molar-refractivity contribution in [3.05, 3.63) is 63.1 Å². The Morgan fingerprint density at radius 3 is 2.71 bits per heavy atom. The summed E-state index contributed by atoms with van der Waals surface area (Å²) >= 11 is 3.52. The lowest BCUT2D eigenvalue weighted by Crippen LogP contribution is -2.20. The molecule has 0 saturated heterocycles. The number of amides is 1. The second-order valence-corrected chi connectivity index (χ2v) is 6.42. The Morgan fingerprint density at radius 2 is 1.95 bits per heavy atom. The van der Waals surface area contributed by atoms with Crippen LogP contribution in [0.25, 0.3) is 0 Å². The highest BCUT2D eigenvalue weighted by Gasteiger charge is 2.17. The maximum absolute atomic E-state index is 11.4. The first-order valence-corrected chi connectivity index (χ1v) is 7.77. The van der Waals surface area contributed by atoms with Gasteiger partial charge in [-0.2, -0.15) is 0 Å². The summed E-state index contributed by atoms with van der Waals surface area (Å²) in [5.41, 5.74) is 11.8. The summed E-state index contributed by atoms with van der Waals surface area (Å²) in [6, 6.07) is 12.1. The number of rotatable bonds is 2. The van der Waals surface area contributed by atoms with Crippen molar-refractivity contribution in [2.24, 2.45) is 5.73 Å². The van der Waals surface area contributed by atoms with Gasteiger partial charge in [-0.3, -0.25) is 4.79 Å². The number of nitrogens with two attached hydrogens (primary N) is 1. The number of carbonyl (C=O) groups excluding carboxylic acids is 1. The van der Waals surface area contributed by atoms with Crippen LogP contribution in [0.15, 0.2) is 40.9 Å². The lowest BCUT2D eigenvalue weighted by molar-refractivity contribution is -0.116. The number of hydrogen-bond acceptors (Lipinski definition) is 2. The minimum absolute atomic E-state index is 0.0853. The number of benzene rings is 2. The van der Waals surface area contributed by atoms with Crippen LogP contribution >= 0.6 is 15.9 Å². The molecule has 1 atom stereocenters. The zero-order valence-electron chi connectivity index (χ0n) is 11.8. The molecule has 1 unspecified atom stereocenters. The second kappa shape index (κ2) is 5.62. The molecule has 3 nitrogen and oxygen atoms in total. The molecule has 0 spiro atoms. The molecular formula is C17H17BrN2O. The number of hydrogen-bond donors (Lipinski definition) is 2. The van der Waals surface area contributed by atoms with Crippen LogP contribution < -0.4 is 11.1 Å². The van der Waals surface area contributed by atoms with Gasteiger partial charge in [-0.15, -0.1) is 0 Å². The Kier molecular flexibility index (Phi) is 3.83. The van der Waals surface area contributed by atoms with E-state index in [1.54, 1.807) is 0 Å². The second-order valence-electron chi connectivity index (χ2n) is 5.50. The van der Waals surface area contributed by atoms with E-state index < -0.39 is 0 Å². The van der Waals surface area contributed by atoms with Gasteiger partial charge in [-0.05, 0) is 53.8 Å². The molecule has 108 valence electrons. The maximum Gasteiger partial charge on any atom is 0.224 e. The van der Waals surface area contributed by atoms with Crippen LogP contribution in [0.2, 0.25) is 0 Å². The molecule has 0 fully saturated rings. The van der Waals surface area contributed by atoms with Gasteiger partial charge < -0.3 is 11.1 Å². The zero-order chi connectivity index (χ0) is 15.0. The van der Waals surface area contributed by atoms with E-state index >= 15 is 0 Å². The largest absolute Gasteiger partial charge is 0.326 e. The van der Waals surface area contributed by atoms with Crippen LogP contribution in [0.3, 0.4) is 0 Å². The van der Waals surface area contributed by atoms with Gasteiger partial charge in [0.1, 0.15) is 0 Å². The normalized spacial score (nSPS) is 15.3. The summed E-state index contributed by atoms with van der Waals surface area (Å²) in [4.78, 5) is 11.4. The lowest BCUT2D eigenvalue weighted by Gasteiger charge is -2.20. The molecular weight excluding hydrogens is 328 g/mol. The highest BCUT2D eigenvalue weighted by atomic mass is 79.9. The highest BCUT2D eigenvalue weighted by Crippen LogP contribution is 2.29. The van der Waals surface area contributed by atoms with E-state index in [2.05, 4.69) is 52.4 Å². The molecule has 3 rings (SSSR count). The van der Waals surface area contributed by atoms with Gasteiger partial charge in [0.15, 0.2) is 0 Å². The third-order valence-electron chi connectivity index (χ3n) is 3.81. The third kappa shape index (κ3) is 3.01. The van der Waals surface area contributed by atoms with Gasteiger partial charge >= 0.3 is 0 Å². The molecule has 0 radical (unpaired) electrons. The van der Waals surface area contributed by atoms with Crippen LogP contribution in [0.5, 0.6) is 0 Å². The molecule has 0 aromatic heterocycles. The standard InChI is InChI=1S/C17H17BrN2O/c1-10-6-13(9-14(18)7-10)17(19)12-2-4-15-11(8-12)3-5-16(21)20-15/h2,4,6-9,17H,3,5,19H2,1H3,(H,20,21). The van der Waals surface area contributed by atoms with E-state index in [-0.39, 0.29) is 11.9 Å². The van der Waals surface area contributed by atoms with Crippen LogP contribution in [-0.2, 0) is 11.2 Å². The number of aryl methyl sites for hydroxylation is 2. The number of anilines is 1. The number of halogens is 1. The smallest absolute Gasteiger partial charge is 0.224 e. The van der Waals surface area contributed by atoms with Crippen molar-refractivity contribution < 1.29 is 4.79 Å². The van der Waals surface area contributed by atoms with Crippen LogP contribution in [0, 0.1) is 6.92 Å². The molecule has 0 saturated carbocycles. The molecule has 1 aliphatic heterocycles. The Morgan fingerprint density at radius 1 is 1.14 bits per heavy atom. The first-order chi connectivity index (χ1) is 10.0.